The Kier molecular flexibility index (Phi) is 6.35. The Hall–Kier alpha value is -1.12. The molecule has 0 spiro atoms. The third-order valence-electron chi connectivity index (χ3n) is 4.34. The van der Waals surface area contributed by atoms with Crippen LogP contribution in [0.15, 0.2) is 28.1 Å². The van der Waals surface area contributed by atoms with E-state index in [1.54, 1.807) is 23.1 Å². The molecule has 2 aliphatic rings. The molecular weight excluding hydrogens is 424 g/mol. The number of hydrogen-bond acceptors (Lipinski definition) is 5. The Balaban J connectivity index is 1.38. The maximum atomic E-state index is 12.3. The van der Waals surface area contributed by atoms with Gasteiger partial charge in [0, 0.05) is 22.9 Å². The van der Waals surface area contributed by atoms with Crippen LogP contribution in [-0.2, 0) is 20.1 Å². The van der Waals surface area contributed by atoms with Crippen molar-refractivity contribution in [3.63, 3.8) is 0 Å². The number of nitrogens with one attached hydrogen (secondary N) is 1. The monoisotopic (exact) mass is 442 g/mol. The number of amides is 3. The first kappa shape index (κ1) is 18.7. The Bertz CT molecular complexity index is 678. The molecule has 5 nitrogen and oxygen atoms in total. The molecule has 2 atom stereocenters. The van der Waals surface area contributed by atoms with Crippen LogP contribution in [0.1, 0.15) is 17.7 Å². The SMILES string of the molecule is O=C(CN1C(=O)C2CC=CCC2C1=O)NCCSCc1ccc(Br)s1. The minimum absolute atomic E-state index is 0.160. The van der Waals surface area contributed by atoms with E-state index in [4.69, 9.17) is 0 Å². The lowest BCUT2D eigenvalue weighted by atomic mass is 9.85. The summed E-state index contributed by atoms with van der Waals surface area (Å²) in [6, 6.07) is 4.11. The fourth-order valence-corrected chi connectivity index (χ4v) is 5.54. The highest BCUT2D eigenvalue weighted by Gasteiger charge is 2.47. The summed E-state index contributed by atoms with van der Waals surface area (Å²) in [6.07, 6.45) is 5.09. The molecule has 2 unspecified atom stereocenters. The van der Waals surface area contributed by atoms with Crippen LogP contribution in [-0.4, -0.2) is 41.5 Å². The largest absolute Gasteiger partial charge is 0.354 e. The Labute approximate surface area is 163 Å². The molecule has 0 saturated carbocycles. The molecule has 1 fully saturated rings. The van der Waals surface area contributed by atoms with Gasteiger partial charge in [0.15, 0.2) is 0 Å². The van der Waals surface area contributed by atoms with Crippen LogP contribution in [0, 0.1) is 11.8 Å². The number of rotatable bonds is 7. The zero-order valence-electron chi connectivity index (χ0n) is 13.6. The van der Waals surface area contributed by atoms with E-state index >= 15 is 0 Å². The van der Waals surface area contributed by atoms with Crippen LogP contribution < -0.4 is 5.32 Å². The Morgan fingerprint density at radius 3 is 2.52 bits per heavy atom. The molecule has 0 radical (unpaired) electrons. The average Bonchev–Trinajstić information content (AvgIpc) is 3.12. The zero-order chi connectivity index (χ0) is 17.8. The average molecular weight is 443 g/mol. The van der Waals surface area contributed by atoms with Gasteiger partial charge in [0.05, 0.1) is 15.6 Å². The van der Waals surface area contributed by atoms with E-state index in [0.717, 1.165) is 20.2 Å². The molecule has 1 aliphatic heterocycles. The molecule has 134 valence electrons. The van der Waals surface area contributed by atoms with Crippen LogP contribution in [0.2, 0.25) is 0 Å². The van der Waals surface area contributed by atoms with Crippen molar-refractivity contribution in [2.45, 2.75) is 18.6 Å². The van der Waals surface area contributed by atoms with E-state index in [-0.39, 0.29) is 36.1 Å². The third-order valence-corrected chi connectivity index (χ3v) is 7.16. The van der Waals surface area contributed by atoms with Crippen molar-refractivity contribution in [2.75, 3.05) is 18.8 Å². The standard InChI is InChI=1S/C17H19BrN2O3S2/c18-14-6-5-11(25-14)10-24-8-7-19-15(21)9-20-16(22)12-3-1-2-4-13(12)17(20)23/h1-2,5-6,12-13H,3-4,7-10H2,(H,19,21). The summed E-state index contributed by atoms with van der Waals surface area (Å²) < 4.78 is 1.12. The molecule has 1 saturated heterocycles. The maximum Gasteiger partial charge on any atom is 0.240 e. The Morgan fingerprint density at radius 1 is 1.24 bits per heavy atom. The summed E-state index contributed by atoms with van der Waals surface area (Å²) in [5, 5.41) is 2.80. The second kappa shape index (κ2) is 8.51. The lowest BCUT2D eigenvalue weighted by molar-refractivity contribution is -0.143. The van der Waals surface area contributed by atoms with E-state index < -0.39 is 0 Å². The third kappa shape index (κ3) is 4.54. The van der Waals surface area contributed by atoms with E-state index in [0.29, 0.717) is 19.4 Å². The van der Waals surface area contributed by atoms with Crippen molar-refractivity contribution in [3.05, 3.63) is 32.9 Å². The number of carbonyl (C=O) groups is 3. The van der Waals surface area contributed by atoms with Gasteiger partial charge in [-0.15, -0.1) is 11.3 Å². The van der Waals surface area contributed by atoms with Crippen molar-refractivity contribution in [2.24, 2.45) is 11.8 Å². The van der Waals surface area contributed by atoms with Crippen molar-refractivity contribution in [3.8, 4) is 0 Å². The predicted molar refractivity (Wildman–Crippen MR) is 103 cm³/mol. The lowest BCUT2D eigenvalue weighted by Crippen LogP contribution is -2.41. The normalized spacial score (nSPS) is 22.4. The number of likely N-dealkylation sites (tertiary alicyclic amines) is 1. The van der Waals surface area contributed by atoms with Crippen molar-refractivity contribution in [1.82, 2.24) is 10.2 Å². The first-order valence-electron chi connectivity index (χ1n) is 8.15. The van der Waals surface area contributed by atoms with Gasteiger partial charge in [-0.1, -0.05) is 12.2 Å². The van der Waals surface area contributed by atoms with E-state index in [2.05, 4.69) is 27.3 Å². The number of allylic oxidation sites excluding steroid dienone is 2. The Morgan fingerprint density at radius 2 is 1.92 bits per heavy atom. The van der Waals surface area contributed by atoms with Gasteiger partial charge in [-0.2, -0.15) is 11.8 Å². The summed E-state index contributed by atoms with van der Waals surface area (Å²) in [6.45, 7) is 0.369. The van der Waals surface area contributed by atoms with Gasteiger partial charge in [-0.25, -0.2) is 0 Å². The van der Waals surface area contributed by atoms with Crippen LogP contribution in [0.4, 0.5) is 0 Å². The second-order valence-corrected chi connectivity index (χ2v) is 9.68. The number of fused-ring (bicyclic) bond motifs is 1. The fraction of sp³-hybridized carbons (Fsp3) is 0.471. The summed E-state index contributed by atoms with van der Waals surface area (Å²) in [5.74, 6) is 0.480. The topological polar surface area (TPSA) is 66.5 Å². The number of thioether (sulfide) groups is 1. The number of imide groups is 1. The van der Waals surface area contributed by atoms with E-state index in [1.807, 2.05) is 18.2 Å². The van der Waals surface area contributed by atoms with Gasteiger partial charge >= 0.3 is 0 Å². The minimum Gasteiger partial charge on any atom is -0.354 e. The number of carbonyl (C=O) groups excluding carboxylic acids is 3. The van der Waals surface area contributed by atoms with Crippen molar-refractivity contribution in [1.29, 1.82) is 0 Å². The van der Waals surface area contributed by atoms with Gasteiger partial charge < -0.3 is 5.32 Å². The summed E-state index contributed by atoms with van der Waals surface area (Å²) in [4.78, 5) is 39.1. The maximum absolute atomic E-state index is 12.3. The first-order valence-corrected chi connectivity index (χ1v) is 10.9. The molecule has 0 aromatic carbocycles. The molecule has 0 bridgehead atoms. The highest BCUT2D eigenvalue weighted by Crippen LogP contribution is 2.34. The molecule has 1 aliphatic carbocycles. The van der Waals surface area contributed by atoms with Crippen LogP contribution in [0.25, 0.3) is 0 Å². The summed E-state index contributed by atoms with van der Waals surface area (Å²) in [5.41, 5.74) is 0. The van der Waals surface area contributed by atoms with E-state index in [1.165, 1.54) is 4.88 Å². The number of hydrogen-bond donors (Lipinski definition) is 1. The van der Waals surface area contributed by atoms with Gasteiger partial charge in [-0.3, -0.25) is 19.3 Å². The molecule has 1 aromatic heterocycles. The summed E-state index contributed by atoms with van der Waals surface area (Å²) in [7, 11) is 0. The quantitative estimate of drug-likeness (QED) is 0.400. The molecule has 8 heteroatoms. The van der Waals surface area contributed by atoms with Crippen molar-refractivity contribution >= 4 is 56.8 Å². The lowest BCUT2D eigenvalue weighted by Gasteiger charge is -2.14. The molecule has 1 N–H and O–H groups in total. The molecule has 2 heterocycles. The smallest absolute Gasteiger partial charge is 0.240 e. The van der Waals surface area contributed by atoms with Crippen LogP contribution in [0.5, 0.6) is 0 Å². The van der Waals surface area contributed by atoms with Crippen LogP contribution in [0.3, 0.4) is 0 Å². The first-order chi connectivity index (χ1) is 12.1. The molecule has 3 amide bonds. The molecule has 1 aromatic rings. The van der Waals surface area contributed by atoms with Crippen LogP contribution >= 0.6 is 39.0 Å². The number of thiophene rings is 1. The predicted octanol–water partition coefficient (Wildman–Crippen LogP) is 2.81. The van der Waals surface area contributed by atoms with Gasteiger partial charge in [0.1, 0.15) is 6.54 Å². The highest BCUT2D eigenvalue weighted by atomic mass is 79.9. The number of nitrogens with zero attached hydrogens (tertiary/aromatic N) is 1. The van der Waals surface area contributed by atoms with Gasteiger partial charge in [0.25, 0.3) is 0 Å². The van der Waals surface area contributed by atoms with Crippen molar-refractivity contribution < 1.29 is 14.4 Å². The van der Waals surface area contributed by atoms with E-state index in [9.17, 15) is 14.4 Å². The fourth-order valence-electron chi connectivity index (χ4n) is 3.09. The van der Waals surface area contributed by atoms with Gasteiger partial charge in [0.2, 0.25) is 17.7 Å². The summed E-state index contributed by atoms with van der Waals surface area (Å²) >= 11 is 6.88. The molecular formula is C17H19BrN2O3S2. The van der Waals surface area contributed by atoms with Gasteiger partial charge in [-0.05, 0) is 40.9 Å². The molecule has 3 rings (SSSR count). The molecule has 25 heavy (non-hydrogen) atoms. The zero-order valence-corrected chi connectivity index (χ0v) is 16.8. The second-order valence-electron chi connectivity index (χ2n) is 6.03. The highest BCUT2D eigenvalue weighted by molar-refractivity contribution is 9.11. The minimum atomic E-state index is -0.272. The number of halogens is 1.